The Bertz CT molecular complexity index is 1410. The van der Waals surface area contributed by atoms with E-state index < -0.39 is 6.10 Å². The predicted molar refractivity (Wildman–Crippen MR) is 307 cm³/mol. The van der Waals surface area contributed by atoms with Gasteiger partial charge >= 0.3 is 17.9 Å². The van der Waals surface area contributed by atoms with E-state index in [1.807, 2.05) is 0 Å². The molecule has 0 amide bonds. The van der Waals surface area contributed by atoms with Gasteiger partial charge in [0, 0.05) is 19.3 Å². The molecule has 0 spiro atoms. The van der Waals surface area contributed by atoms with E-state index in [0.29, 0.717) is 19.3 Å². The van der Waals surface area contributed by atoms with E-state index in [-0.39, 0.29) is 31.1 Å². The molecule has 1 atom stereocenters. The van der Waals surface area contributed by atoms with Crippen molar-refractivity contribution in [2.24, 2.45) is 0 Å². The van der Waals surface area contributed by atoms with Crippen molar-refractivity contribution in [3.8, 4) is 0 Å². The number of unbranched alkanes of at least 4 members (excludes halogenated alkanes) is 26. The Morgan fingerprint density at radius 3 is 0.901 bits per heavy atom. The molecule has 0 fully saturated rings. The Morgan fingerprint density at radius 2 is 0.549 bits per heavy atom. The molecule has 6 heteroatoms. The smallest absolute Gasteiger partial charge is 0.306 e. The highest BCUT2D eigenvalue weighted by atomic mass is 16.6. The molecule has 0 aliphatic rings. The monoisotopic (exact) mass is 987 g/mol. The fourth-order valence-electron chi connectivity index (χ4n) is 8.08. The van der Waals surface area contributed by atoms with Crippen LogP contribution in [-0.4, -0.2) is 37.2 Å². The molecular weight excluding hydrogens is 877 g/mol. The maximum atomic E-state index is 12.9. The second-order valence-electron chi connectivity index (χ2n) is 19.5. The van der Waals surface area contributed by atoms with Crippen molar-refractivity contribution < 1.29 is 28.6 Å². The molecule has 0 N–H and O–H groups in total. The lowest BCUT2D eigenvalue weighted by molar-refractivity contribution is -0.167. The first-order valence-electron chi connectivity index (χ1n) is 29.7. The fourth-order valence-corrected chi connectivity index (χ4v) is 8.08. The lowest BCUT2D eigenvalue weighted by atomic mass is 10.1. The molecule has 0 aliphatic heterocycles. The van der Waals surface area contributed by atoms with Crippen LogP contribution >= 0.6 is 0 Å². The number of hydrogen-bond donors (Lipinski definition) is 0. The maximum Gasteiger partial charge on any atom is 0.306 e. The SMILES string of the molecule is CC/C=C\C/C=C\C/C=C\C/C=C\C/C=C\CCCCCCCCCC(=O)OCC(COC(=O)CCCCCCC/C=C\CCCCC)OC(=O)CCCCCCCCC/C=C\C/C=C\CCCCCC. The third kappa shape index (κ3) is 57.1. The van der Waals surface area contributed by atoms with E-state index in [9.17, 15) is 14.4 Å². The molecule has 1 unspecified atom stereocenters. The largest absolute Gasteiger partial charge is 0.462 e. The van der Waals surface area contributed by atoms with Gasteiger partial charge in [0.1, 0.15) is 13.2 Å². The van der Waals surface area contributed by atoms with Gasteiger partial charge in [-0.15, -0.1) is 0 Å². The highest BCUT2D eigenvalue weighted by Crippen LogP contribution is 2.15. The van der Waals surface area contributed by atoms with Gasteiger partial charge in [-0.05, 0) is 122 Å². The van der Waals surface area contributed by atoms with Gasteiger partial charge in [0.15, 0.2) is 6.10 Å². The summed E-state index contributed by atoms with van der Waals surface area (Å²) in [6, 6.07) is 0. The number of ether oxygens (including phenoxy) is 3. The van der Waals surface area contributed by atoms with Crippen LogP contribution in [0.25, 0.3) is 0 Å². The number of carbonyl (C=O) groups is 3. The van der Waals surface area contributed by atoms with Crippen molar-refractivity contribution in [3.63, 3.8) is 0 Å². The summed E-state index contributed by atoms with van der Waals surface area (Å²) < 4.78 is 16.9. The fraction of sp³-hybridized carbons (Fsp3) is 0.708. The normalized spacial score (nSPS) is 12.8. The number of esters is 3. The highest BCUT2D eigenvalue weighted by molar-refractivity contribution is 5.71. The van der Waals surface area contributed by atoms with Crippen molar-refractivity contribution in [1.29, 1.82) is 0 Å². The quantitative estimate of drug-likeness (QED) is 0.0261. The molecule has 0 saturated carbocycles. The zero-order valence-corrected chi connectivity index (χ0v) is 46.5. The number of allylic oxidation sites excluding steroid dienone is 16. The van der Waals surface area contributed by atoms with Crippen LogP contribution in [0.15, 0.2) is 97.2 Å². The molecular formula is C65H110O6. The minimum absolute atomic E-state index is 0.0888. The van der Waals surface area contributed by atoms with E-state index in [4.69, 9.17) is 14.2 Å². The molecule has 406 valence electrons. The van der Waals surface area contributed by atoms with Gasteiger partial charge in [0.05, 0.1) is 0 Å². The molecule has 71 heavy (non-hydrogen) atoms. The molecule has 0 aromatic heterocycles. The van der Waals surface area contributed by atoms with Gasteiger partial charge in [-0.2, -0.15) is 0 Å². The van der Waals surface area contributed by atoms with Gasteiger partial charge in [-0.3, -0.25) is 14.4 Å². The van der Waals surface area contributed by atoms with Crippen LogP contribution < -0.4 is 0 Å². The minimum atomic E-state index is -0.791. The van der Waals surface area contributed by atoms with Gasteiger partial charge in [-0.25, -0.2) is 0 Å². The summed E-state index contributed by atoms with van der Waals surface area (Å²) in [6.45, 7) is 6.47. The first-order chi connectivity index (χ1) is 35.0. The van der Waals surface area contributed by atoms with Crippen LogP contribution in [0.1, 0.15) is 278 Å². The topological polar surface area (TPSA) is 78.9 Å². The van der Waals surface area contributed by atoms with Gasteiger partial charge < -0.3 is 14.2 Å². The molecule has 0 aromatic carbocycles. The van der Waals surface area contributed by atoms with Crippen LogP contribution in [0.3, 0.4) is 0 Å². The predicted octanol–water partition coefficient (Wildman–Crippen LogP) is 20.1. The standard InChI is InChI=1S/C65H110O6/c1-4-7-10-13-16-19-22-25-27-29-31-32-33-34-35-37-38-40-43-46-49-52-55-58-64(67)70-61-62(60-69-63(66)57-54-51-48-45-42-24-21-18-15-12-9-6-3)71-65(68)59-56-53-50-47-44-41-39-36-30-28-26-23-20-17-14-11-8-5-2/h7,10,16,18-21,23,25,27-28,30-32,34-35,62H,4-6,8-9,11-15,17,22,24,26,29,33,36-61H2,1-3H3/b10-7-,19-16-,21-18-,23-20-,27-25-,30-28-,32-31-,35-34-. The minimum Gasteiger partial charge on any atom is -0.462 e. The molecule has 0 radical (unpaired) electrons. The van der Waals surface area contributed by atoms with E-state index in [1.54, 1.807) is 0 Å². The Balaban J connectivity index is 4.38. The van der Waals surface area contributed by atoms with Crippen molar-refractivity contribution in [3.05, 3.63) is 97.2 Å². The number of carbonyl (C=O) groups excluding carboxylic acids is 3. The summed E-state index contributed by atoms with van der Waals surface area (Å²) in [4.78, 5) is 38.2. The van der Waals surface area contributed by atoms with Crippen molar-refractivity contribution in [2.75, 3.05) is 13.2 Å². The first kappa shape index (κ1) is 67.3. The Morgan fingerprint density at radius 1 is 0.296 bits per heavy atom. The van der Waals surface area contributed by atoms with E-state index in [0.717, 1.165) is 116 Å². The lowest BCUT2D eigenvalue weighted by Crippen LogP contribution is -2.30. The lowest BCUT2D eigenvalue weighted by Gasteiger charge is -2.18. The van der Waals surface area contributed by atoms with E-state index in [2.05, 4.69) is 118 Å². The van der Waals surface area contributed by atoms with Gasteiger partial charge in [-0.1, -0.05) is 234 Å². The summed E-state index contributed by atoms with van der Waals surface area (Å²) >= 11 is 0. The zero-order valence-electron chi connectivity index (χ0n) is 46.5. The summed E-state index contributed by atoms with van der Waals surface area (Å²) in [6.07, 6.45) is 78.2. The molecule has 0 aliphatic carbocycles. The molecule has 0 rings (SSSR count). The maximum absolute atomic E-state index is 12.9. The molecule has 0 saturated heterocycles. The number of hydrogen-bond acceptors (Lipinski definition) is 6. The molecule has 0 heterocycles. The van der Waals surface area contributed by atoms with Crippen molar-refractivity contribution in [1.82, 2.24) is 0 Å². The summed E-state index contributed by atoms with van der Waals surface area (Å²) in [5, 5.41) is 0. The Kier molecular flexibility index (Phi) is 55.9. The van der Waals surface area contributed by atoms with E-state index in [1.165, 1.54) is 122 Å². The number of rotatable bonds is 53. The van der Waals surface area contributed by atoms with Crippen LogP contribution in [0.2, 0.25) is 0 Å². The Hall–Kier alpha value is -3.67. The van der Waals surface area contributed by atoms with Crippen LogP contribution in [0, 0.1) is 0 Å². The molecule has 0 aromatic rings. The third-order valence-corrected chi connectivity index (χ3v) is 12.5. The van der Waals surface area contributed by atoms with Gasteiger partial charge in [0.25, 0.3) is 0 Å². The molecule has 6 nitrogen and oxygen atoms in total. The van der Waals surface area contributed by atoms with Crippen molar-refractivity contribution >= 4 is 17.9 Å². The third-order valence-electron chi connectivity index (χ3n) is 12.5. The summed E-state index contributed by atoms with van der Waals surface area (Å²) in [5.74, 6) is -0.912. The summed E-state index contributed by atoms with van der Waals surface area (Å²) in [7, 11) is 0. The second-order valence-corrected chi connectivity index (χ2v) is 19.5. The van der Waals surface area contributed by atoms with Crippen LogP contribution in [0.5, 0.6) is 0 Å². The van der Waals surface area contributed by atoms with Crippen LogP contribution in [0.4, 0.5) is 0 Å². The first-order valence-corrected chi connectivity index (χ1v) is 29.7. The molecule has 0 bridgehead atoms. The average Bonchev–Trinajstić information content (AvgIpc) is 3.37. The Labute approximate surface area is 438 Å². The van der Waals surface area contributed by atoms with Crippen LogP contribution in [-0.2, 0) is 28.6 Å². The van der Waals surface area contributed by atoms with E-state index >= 15 is 0 Å². The van der Waals surface area contributed by atoms with Gasteiger partial charge in [0.2, 0.25) is 0 Å². The average molecular weight is 988 g/mol. The van der Waals surface area contributed by atoms with Crippen molar-refractivity contribution in [2.45, 2.75) is 284 Å². The summed E-state index contributed by atoms with van der Waals surface area (Å²) in [5.41, 5.74) is 0. The second kappa shape index (κ2) is 58.9. The highest BCUT2D eigenvalue weighted by Gasteiger charge is 2.19. The zero-order chi connectivity index (χ0) is 51.4.